The van der Waals surface area contributed by atoms with E-state index < -0.39 is 0 Å². The first-order valence-electron chi connectivity index (χ1n) is 11.8. The molecule has 0 saturated heterocycles. The number of nitrogens with zero attached hydrogens (tertiary/aromatic N) is 1. The molecule has 0 amide bonds. The summed E-state index contributed by atoms with van der Waals surface area (Å²) in [7, 11) is 2.20. The second-order valence-electron chi connectivity index (χ2n) is 9.31. The lowest BCUT2D eigenvalue weighted by Crippen LogP contribution is -2.30. The Kier molecular flexibility index (Phi) is 3.87. The van der Waals surface area contributed by atoms with Crippen molar-refractivity contribution in [2.75, 3.05) is 0 Å². The van der Waals surface area contributed by atoms with E-state index in [0.29, 0.717) is 0 Å². The Balaban J connectivity index is 1.68. The van der Waals surface area contributed by atoms with Crippen molar-refractivity contribution < 1.29 is 0 Å². The van der Waals surface area contributed by atoms with Gasteiger partial charge in [0.25, 0.3) is 0 Å². The Labute approximate surface area is 194 Å². The topological polar surface area (TPSA) is 4.93 Å². The van der Waals surface area contributed by atoms with E-state index in [2.05, 4.69) is 121 Å². The second-order valence-corrected chi connectivity index (χ2v) is 9.31. The summed E-state index contributed by atoms with van der Waals surface area (Å²) in [5.74, 6) is 0. The molecule has 1 atom stereocenters. The van der Waals surface area contributed by atoms with Crippen LogP contribution >= 0.6 is 0 Å². The Morgan fingerprint density at radius 1 is 0.697 bits per heavy atom. The van der Waals surface area contributed by atoms with E-state index in [1.165, 1.54) is 55.2 Å². The van der Waals surface area contributed by atoms with Gasteiger partial charge in [0.15, 0.2) is 0 Å². The Morgan fingerprint density at radius 2 is 1.48 bits per heavy atom. The molecule has 0 N–H and O–H groups in total. The van der Waals surface area contributed by atoms with Crippen molar-refractivity contribution in [2.45, 2.75) is 18.3 Å². The van der Waals surface area contributed by atoms with Gasteiger partial charge in [0.1, 0.15) is 0 Å². The van der Waals surface area contributed by atoms with Crippen LogP contribution < -0.4 is 0 Å². The maximum Gasteiger partial charge on any atom is 0.0677 e. The number of hydrogen-bond acceptors (Lipinski definition) is 0. The molecule has 1 nitrogen and oxygen atoms in total. The lowest BCUT2D eigenvalue weighted by molar-refractivity contribution is 0.693. The van der Waals surface area contributed by atoms with Crippen LogP contribution in [0, 0.1) is 0 Å². The maximum atomic E-state index is 2.48. The van der Waals surface area contributed by atoms with Crippen LogP contribution in [-0.2, 0) is 12.5 Å². The fourth-order valence-corrected chi connectivity index (χ4v) is 6.37. The van der Waals surface area contributed by atoms with Gasteiger partial charge in [0.2, 0.25) is 0 Å². The SMILES string of the molecule is Cn1c2ccccc2c2cc3c(cc21)C(C1=CC=CCC1)(c1ccccc1)c1ccccc1-3. The Hall–Kier alpha value is -3.84. The van der Waals surface area contributed by atoms with E-state index in [4.69, 9.17) is 0 Å². The van der Waals surface area contributed by atoms with E-state index in [9.17, 15) is 0 Å². The molecule has 1 unspecified atom stereocenters. The molecule has 5 aromatic rings. The van der Waals surface area contributed by atoms with Crippen molar-refractivity contribution in [1.82, 2.24) is 4.57 Å². The quantitative estimate of drug-likeness (QED) is 0.272. The standard InChI is InChI=1S/C32H25N/c1-33-30-19-11-9-17-25(30)27-20-26-24-16-8-10-18-28(24)32(29(26)21-31(27)33,22-12-4-2-5-13-22)23-14-6-3-7-15-23/h2-6,8-14,16-21H,7,15H2,1H3. The van der Waals surface area contributed by atoms with E-state index in [1.54, 1.807) is 0 Å². The summed E-state index contributed by atoms with van der Waals surface area (Å²) in [6.45, 7) is 0. The first kappa shape index (κ1) is 18.7. The molecule has 0 bridgehead atoms. The largest absolute Gasteiger partial charge is 0.344 e. The van der Waals surface area contributed by atoms with E-state index in [-0.39, 0.29) is 5.41 Å². The number of benzene rings is 4. The molecule has 4 aromatic carbocycles. The molecule has 0 radical (unpaired) electrons. The average Bonchev–Trinajstić information content (AvgIpc) is 3.34. The second kappa shape index (κ2) is 6.83. The van der Waals surface area contributed by atoms with Crippen LogP contribution in [0.5, 0.6) is 0 Å². The number of hydrogen-bond donors (Lipinski definition) is 0. The summed E-state index contributed by atoms with van der Waals surface area (Å²) >= 11 is 0. The van der Waals surface area contributed by atoms with Gasteiger partial charge in [-0.1, -0.05) is 96.6 Å². The van der Waals surface area contributed by atoms with Gasteiger partial charge in [-0.3, -0.25) is 0 Å². The minimum absolute atomic E-state index is 0.261. The van der Waals surface area contributed by atoms with Crippen LogP contribution in [0.2, 0.25) is 0 Å². The highest BCUT2D eigenvalue weighted by Crippen LogP contribution is 2.58. The first-order valence-corrected chi connectivity index (χ1v) is 11.8. The predicted octanol–water partition coefficient (Wildman–Crippen LogP) is 7.92. The number of fused-ring (bicyclic) bond motifs is 6. The molecule has 1 heteroatoms. The highest BCUT2D eigenvalue weighted by atomic mass is 14.9. The van der Waals surface area contributed by atoms with Crippen molar-refractivity contribution in [3.05, 3.63) is 131 Å². The molecule has 0 aliphatic heterocycles. The normalized spacial score (nSPS) is 19.0. The third kappa shape index (κ3) is 2.37. The fraction of sp³-hybridized carbons (Fsp3) is 0.125. The predicted molar refractivity (Wildman–Crippen MR) is 139 cm³/mol. The molecule has 0 fully saturated rings. The van der Waals surface area contributed by atoms with Gasteiger partial charge in [-0.2, -0.15) is 0 Å². The third-order valence-corrected chi connectivity index (χ3v) is 7.78. The number of para-hydroxylation sites is 1. The van der Waals surface area contributed by atoms with Crippen LogP contribution in [-0.4, -0.2) is 4.57 Å². The van der Waals surface area contributed by atoms with Crippen molar-refractivity contribution in [1.29, 1.82) is 0 Å². The van der Waals surface area contributed by atoms with Gasteiger partial charge in [-0.15, -0.1) is 0 Å². The van der Waals surface area contributed by atoms with E-state index in [1.807, 2.05) is 0 Å². The number of allylic oxidation sites excluding steroid dienone is 4. The molecule has 158 valence electrons. The molecule has 33 heavy (non-hydrogen) atoms. The van der Waals surface area contributed by atoms with Gasteiger partial charge in [0.05, 0.1) is 5.41 Å². The number of aromatic nitrogens is 1. The van der Waals surface area contributed by atoms with Crippen LogP contribution in [0.15, 0.2) is 115 Å². The van der Waals surface area contributed by atoms with Gasteiger partial charge in [-0.05, 0) is 58.9 Å². The monoisotopic (exact) mass is 423 g/mol. The van der Waals surface area contributed by atoms with Gasteiger partial charge in [0, 0.05) is 28.9 Å². The van der Waals surface area contributed by atoms with Crippen molar-refractivity contribution in [3.63, 3.8) is 0 Å². The highest BCUT2D eigenvalue weighted by Gasteiger charge is 2.47. The zero-order valence-electron chi connectivity index (χ0n) is 18.8. The Bertz CT molecular complexity index is 1610. The average molecular weight is 424 g/mol. The van der Waals surface area contributed by atoms with E-state index >= 15 is 0 Å². The van der Waals surface area contributed by atoms with Crippen LogP contribution in [0.4, 0.5) is 0 Å². The maximum absolute atomic E-state index is 2.48. The molecule has 2 aliphatic carbocycles. The summed E-state index contributed by atoms with van der Waals surface area (Å²) in [6.07, 6.45) is 9.07. The molecule has 7 rings (SSSR count). The third-order valence-electron chi connectivity index (χ3n) is 7.78. The minimum Gasteiger partial charge on any atom is -0.344 e. The number of rotatable bonds is 2. The zero-order valence-corrected chi connectivity index (χ0v) is 18.8. The molecule has 1 heterocycles. The van der Waals surface area contributed by atoms with Crippen molar-refractivity contribution in [2.24, 2.45) is 7.05 Å². The first-order chi connectivity index (χ1) is 16.3. The number of aryl methyl sites for hydroxylation is 1. The highest BCUT2D eigenvalue weighted by molar-refractivity contribution is 6.10. The lowest BCUT2D eigenvalue weighted by Gasteiger charge is -2.36. The van der Waals surface area contributed by atoms with Crippen molar-refractivity contribution in [3.8, 4) is 11.1 Å². The molecule has 0 saturated carbocycles. The van der Waals surface area contributed by atoms with E-state index in [0.717, 1.165) is 12.8 Å². The van der Waals surface area contributed by atoms with Gasteiger partial charge >= 0.3 is 0 Å². The summed E-state index contributed by atoms with van der Waals surface area (Å²) in [4.78, 5) is 0. The Morgan fingerprint density at radius 3 is 2.33 bits per heavy atom. The molecular formula is C32H25N. The molecule has 1 aromatic heterocycles. The van der Waals surface area contributed by atoms with Crippen LogP contribution in [0.1, 0.15) is 29.5 Å². The van der Waals surface area contributed by atoms with Gasteiger partial charge < -0.3 is 4.57 Å². The lowest BCUT2D eigenvalue weighted by atomic mass is 9.65. The van der Waals surface area contributed by atoms with Gasteiger partial charge in [-0.25, -0.2) is 0 Å². The summed E-state index contributed by atoms with van der Waals surface area (Å²) in [5.41, 5.74) is 10.7. The summed E-state index contributed by atoms with van der Waals surface area (Å²) in [5, 5.41) is 2.66. The van der Waals surface area contributed by atoms with Crippen LogP contribution in [0.25, 0.3) is 32.9 Å². The zero-order chi connectivity index (χ0) is 22.0. The van der Waals surface area contributed by atoms with Crippen LogP contribution in [0.3, 0.4) is 0 Å². The summed E-state index contributed by atoms with van der Waals surface area (Å²) in [6, 6.07) is 33.9. The molecule has 2 aliphatic rings. The molecule has 0 spiro atoms. The van der Waals surface area contributed by atoms with Crippen molar-refractivity contribution >= 4 is 21.8 Å². The smallest absolute Gasteiger partial charge is 0.0677 e. The fourth-order valence-electron chi connectivity index (χ4n) is 6.37. The minimum atomic E-state index is -0.261. The molecular weight excluding hydrogens is 398 g/mol. The summed E-state index contributed by atoms with van der Waals surface area (Å²) < 4.78 is 2.36.